The van der Waals surface area contributed by atoms with E-state index < -0.39 is 0 Å². The summed E-state index contributed by atoms with van der Waals surface area (Å²) in [5.74, 6) is -0.0714. The smallest absolute Gasteiger partial charge is 0.291 e. The topological polar surface area (TPSA) is 59.2 Å². The molecule has 0 amide bonds. The number of hydrogen-bond donors (Lipinski definition) is 1. The third-order valence-corrected chi connectivity index (χ3v) is 4.08. The first-order valence-electron chi connectivity index (χ1n) is 6.48. The van der Waals surface area contributed by atoms with Gasteiger partial charge >= 0.3 is 0 Å². The first kappa shape index (κ1) is 13.6. The molecule has 0 spiro atoms. The first-order chi connectivity index (χ1) is 10.2. The van der Waals surface area contributed by atoms with Crippen LogP contribution in [0.3, 0.4) is 0 Å². The Balaban J connectivity index is 2.05. The van der Waals surface area contributed by atoms with Crippen molar-refractivity contribution in [2.75, 3.05) is 0 Å². The number of aromatic amines is 1. The van der Waals surface area contributed by atoms with Crippen LogP contribution in [-0.2, 0) is 6.61 Å². The fourth-order valence-electron chi connectivity index (χ4n) is 2.18. The lowest BCUT2D eigenvalue weighted by Crippen LogP contribution is -2.15. The maximum atomic E-state index is 12.1. The van der Waals surface area contributed by atoms with Gasteiger partial charge in [-0.2, -0.15) is 0 Å². The van der Waals surface area contributed by atoms with Gasteiger partial charge in [0.05, 0.1) is 15.8 Å². The second-order valence-electron chi connectivity index (χ2n) is 4.65. The Labute approximate surface area is 125 Å². The van der Waals surface area contributed by atoms with Crippen LogP contribution < -0.4 is 10.3 Å². The summed E-state index contributed by atoms with van der Waals surface area (Å²) in [6.07, 6.45) is 0. The van der Waals surface area contributed by atoms with Crippen LogP contribution in [0, 0.1) is 0 Å². The normalized spacial score (nSPS) is 10.7. The monoisotopic (exact) mass is 299 g/mol. The third-order valence-electron chi connectivity index (χ3n) is 3.15. The van der Waals surface area contributed by atoms with E-state index in [0.29, 0.717) is 11.1 Å². The number of thiophene rings is 1. The Morgan fingerprint density at radius 2 is 2.00 bits per heavy atom. The number of carbonyl (C=O) groups is 1. The summed E-state index contributed by atoms with van der Waals surface area (Å²) in [6.45, 7) is 1.70. The average molecular weight is 299 g/mol. The highest BCUT2D eigenvalue weighted by molar-refractivity contribution is 7.17. The number of benzene rings is 1. The van der Waals surface area contributed by atoms with E-state index in [1.54, 1.807) is 6.07 Å². The van der Waals surface area contributed by atoms with Crippen molar-refractivity contribution in [3.05, 3.63) is 63.3 Å². The van der Waals surface area contributed by atoms with Crippen LogP contribution in [0.15, 0.2) is 46.6 Å². The van der Waals surface area contributed by atoms with Crippen LogP contribution in [0.5, 0.6) is 5.75 Å². The number of hydrogen-bond acceptors (Lipinski definition) is 4. The lowest BCUT2D eigenvalue weighted by atomic mass is 10.1. The highest BCUT2D eigenvalue weighted by Gasteiger charge is 2.18. The molecule has 21 heavy (non-hydrogen) atoms. The minimum atomic E-state index is -0.373. The van der Waals surface area contributed by atoms with Crippen molar-refractivity contribution in [3.63, 3.8) is 0 Å². The Bertz CT molecular complexity index is 849. The van der Waals surface area contributed by atoms with Crippen LogP contribution >= 0.6 is 11.3 Å². The molecule has 0 aliphatic carbocycles. The molecule has 0 bridgehead atoms. The van der Waals surface area contributed by atoms with Crippen molar-refractivity contribution in [2.24, 2.45) is 0 Å². The number of nitrogens with one attached hydrogen (secondary N) is 1. The van der Waals surface area contributed by atoms with E-state index in [0.717, 1.165) is 10.3 Å². The number of Topliss-reactive ketones (excluding diaryl/α,β-unsaturated/α-hetero) is 1. The van der Waals surface area contributed by atoms with E-state index in [1.165, 1.54) is 18.3 Å². The molecule has 0 atom stereocenters. The molecule has 2 aromatic heterocycles. The molecule has 4 nitrogen and oxygen atoms in total. The summed E-state index contributed by atoms with van der Waals surface area (Å²) >= 11 is 1.42. The molecular weight excluding hydrogens is 286 g/mol. The van der Waals surface area contributed by atoms with Crippen LogP contribution in [-0.4, -0.2) is 10.8 Å². The van der Waals surface area contributed by atoms with Gasteiger partial charge in [0, 0.05) is 0 Å². The molecule has 3 rings (SSSR count). The van der Waals surface area contributed by atoms with Gasteiger partial charge in [-0.15, -0.1) is 11.3 Å². The van der Waals surface area contributed by atoms with Gasteiger partial charge in [-0.25, -0.2) is 0 Å². The predicted molar refractivity (Wildman–Crippen MR) is 83.2 cm³/mol. The molecular formula is C16H13NO3S. The van der Waals surface area contributed by atoms with E-state index in [1.807, 2.05) is 35.7 Å². The number of ether oxygens (including phenoxy) is 1. The second kappa shape index (κ2) is 5.54. The summed E-state index contributed by atoms with van der Waals surface area (Å²) in [5.41, 5.74) is 1.60. The van der Waals surface area contributed by atoms with Crippen molar-refractivity contribution < 1.29 is 9.53 Å². The molecule has 5 heteroatoms. The minimum Gasteiger partial charge on any atom is -0.482 e. The molecule has 0 unspecified atom stereocenters. The maximum Gasteiger partial charge on any atom is 0.291 e. The zero-order valence-corrected chi connectivity index (χ0v) is 12.2. The fraction of sp³-hybridized carbons (Fsp3) is 0.125. The first-order valence-corrected chi connectivity index (χ1v) is 7.36. The number of H-pyrrole nitrogens is 1. The summed E-state index contributed by atoms with van der Waals surface area (Å²) in [7, 11) is 0. The van der Waals surface area contributed by atoms with Crippen molar-refractivity contribution in [3.8, 4) is 5.75 Å². The Hall–Kier alpha value is -2.40. The van der Waals surface area contributed by atoms with Gasteiger partial charge in [0.15, 0.2) is 11.5 Å². The van der Waals surface area contributed by atoms with Gasteiger partial charge in [-0.1, -0.05) is 30.3 Å². The molecule has 1 N–H and O–H groups in total. The summed E-state index contributed by atoms with van der Waals surface area (Å²) < 4.78 is 6.39. The van der Waals surface area contributed by atoms with E-state index in [2.05, 4.69) is 4.98 Å². The van der Waals surface area contributed by atoms with Gasteiger partial charge in [-0.3, -0.25) is 9.59 Å². The highest BCUT2D eigenvalue weighted by atomic mass is 32.1. The molecule has 3 aromatic rings. The molecule has 0 aliphatic rings. The number of fused-ring (bicyclic) bond motifs is 1. The predicted octanol–water partition coefficient (Wildman–Crippen LogP) is 3.37. The highest BCUT2D eigenvalue weighted by Crippen LogP contribution is 2.28. The van der Waals surface area contributed by atoms with Crippen molar-refractivity contribution in [2.45, 2.75) is 13.5 Å². The van der Waals surface area contributed by atoms with Crippen LogP contribution in [0.4, 0.5) is 0 Å². The van der Waals surface area contributed by atoms with Gasteiger partial charge < -0.3 is 9.72 Å². The zero-order valence-electron chi connectivity index (χ0n) is 11.4. The van der Waals surface area contributed by atoms with E-state index in [4.69, 9.17) is 4.74 Å². The van der Waals surface area contributed by atoms with Crippen molar-refractivity contribution in [1.29, 1.82) is 0 Å². The molecule has 0 saturated carbocycles. The molecule has 106 valence electrons. The molecule has 0 fully saturated rings. The second-order valence-corrected chi connectivity index (χ2v) is 5.57. The molecule has 2 heterocycles. The Morgan fingerprint density at radius 1 is 1.24 bits per heavy atom. The van der Waals surface area contributed by atoms with E-state index >= 15 is 0 Å². The lowest BCUT2D eigenvalue weighted by Gasteiger charge is -2.09. The summed E-state index contributed by atoms with van der Waals surface area (Å²) in [6, 6.07) is 11.3. The third kappa shape index (κ3) is 2.60. The summed E-state index contributed by atoms with van der Waals surface area (Å²) in [4.78, 5) is 26.8. The Kier molecular flexibility index (Phi) is 3.58. The van der Waals surface area contributed by atoms with E-state index in [9.17, 15) is 9.59 Å². The number of carbonyl (C=O) groups excluding carboxylic acids is 1. The van der Waals surface area contributed by atoms with Crippen LogP contribution in [0.2, 0.25) is 0 Å². The van der Waals surface area contributed by atoms with Crippen LogP contribution in [0.25, 0.3) is 10.2 Å². The molecule has 1 aromatic carbocycles. The standard InChI is InChI=1S/C16H13NO3S/c1-10(18)13-14(20-9-11-5-3-2-4-6-11)16(19)17-12-7-8-21-15(12)13/h2-8H,9H2,1H3,(H,17,19). The van der Waals surface area contributed by atoms with Gasteiger partial charge in [-0.05, 0) is 23.9 Å². The largest absolute Gasteiger partial charge is 0.482 e. The van der Waals surface area contributed by atoms with Gasteiger partial charge in [0.25, 0.3) is 5.56 Å². The van der Waals surface area contributed by atoms with Gasteiger partial charge in [0.2, 0.25) is 0 Å². The number of pyridine rings is 1. The average Bonchev–Trinajstić information content (AvgIpc) is 2.92. The molecule has 0 aliphatic heterocycles. The van der Waals surface area contributed by atoms with Crippen molar-refractivity contribution in [1.82, 2.24) is 4.98 Å². The van der Waals surface area contributed by atoms with Crippen molar-refractivity contribution >= 4 is 27.3 Å². The minimum absolute atomic E-state index is 0.0984. The molecule has 0 saturated heterocycles. The quantitative estimate of drug-likeness (QED) is 0.751. The van der Waals surface area contributed by atoms with Gasteiger partial charge in [0.1, 0.15) is 6.61 Å². The number of rotatable bonds is 4. The Morgan fingerprint density at radius 3 is 2.71 bits per heavy atom. The number of ketones is 1. The molecule has 0 radical (unpaired) electrons. The van der Waals surface area contributed by atoms with E-state index in [-0.39, 0.29) is 23.7 Å². The zero-order chi connectivity index (χ0) is 14.8. The maximum absolute atomic E-state index is 12.1. The number of aromatic nitrogens is 1. The lowest BCUT2D eigenvalue weighted by molar-refractivity contribution is 0.101. The van der Waals surface area contributed by atoms with Crippen LogP contribution in [0.1, 0.15) is 22.8 Å². The fourth-order valence-corrected chi connectivity index (χ4v) is 3.12. The summed E-state index contributed by atoms with van der Waals surface area (Å²) in [5, 5.41) is 1.84. The SMILES string of the molecule is CC(=O)c1c(OCc2ccccc2)c(=O)[nH]c2ccsc12.